The van der Waals surface area contributed by atoms with E-state index in [2.05, 4.69) is 5.32 Å². The van der Waals surface area contributed by atoms with Gasteiger partial charge in [-0.2, -0.15) is 0 Å². The Kier molecular flexibility index (Phi) is 1.67. The van der Waals surface area contributed by atoms with Crippen LogP contribution < -0.4 is 5.32 Å². The standard InChI is InChI=1S/C9H13NO2/c1-10-9(12)7-3-5-2-6(7)8(11)4-5/h5-7H,2-4H2,1H3,(H,10,12). The van der Waals surface area contributed by atoms with Crippen LogP contribution in [0.4, 0.5) is 0 Å². The Labute approximate surface area is 71.5 Å². The van der Waals surface area contributed by atoms with Crippen LogP contribution in [0.3, 0.4) is 0 Å². The zero-order valence-corrected chi connectivity index (χ0v) is 7.17. The second kappa shape index (κ2) is 2.57. The largest absolute Gasteiger partial charge is 0.359 e. The third kappa shape index (κ3) is 0.958. The maximum absolute atomic E-state index is 11.3. The highest BCUT2D eigenvalue weighted by Crippen LogP contribution is 2.46. The number of amides is 1. The van der Waals surface area contributed by atoms with Crippen LogP contribution in [0.15, 0.2) is 0 Å². The summed E-state index contributed by atoms with van der Waals surface area (Å²) in [6.45, 7) is 0. The van der Waals surface area contributed by atoms with Crippen LogP contribution in [-0.2, 0) is 9.59 Å². The molecule has 2 fully saturated rings. The first-order chi connectivity index (χ1) is 5.72. The maximum Gasteiger partial charge on any atom is 0.223 e. The summed E-state index contributed by atoms with van der Waals surface area (Å²) in [5, 5.41) is 2.62. The molecule has 0 saturated heterocycles. The van der Waals surface area contributed by atoms with Gasteiger partial charge in [-0.1, -0.05) is 0 Å². The Morgan fingerprint density at radius 1 is 1.50 bits per heavy atom. The fourth-order valence-corrected chi connectivity index (χ4v) is 2.58. The smallest absolute Gasteiger partial charge is 0.223 e. The molecule has 0 spiro atoms. The highest BCUT2D eigenvalue weighted by Gasteiger charge is 2.48. The lowest BCUT2D eigenvalue weighted by Gasteiger charge is -2.18. The number of hydrogen-bond donors (Lipinski definition) is 1. The third-order valence-corrected chi connectivity index (χ3v) is 3.15. The average Bonchev–Trinajstić information content (AvgIpc) is 2.60. The molecule has 2 aliphatic rings. The van der Waals surface area contributed by atoms with Crippen molar-refractivity contribution in [3.05, 3.63) is 0 Å². The molecule has 2 rings (SSSR count). The average molecular weight is 167 g/mol. The monoisotopic (exact) mass is 167 g/mol. The lowest BCUT2D eigenvalue weighted by atomic mass is 9.87. The van der Waals surface area contributed by atoms with Crippen LogP contribution in [0.25, 0.3) is 0 Å². The van der Waals surface area contributed by atoms with E-state index in [-0.39, 0.29) is 17.7 Å². The van der Waals surface area contributed by atoms with Gasteiger partial charge in [0.25, 0.3) is 0 Å². The number of fused-ring (bicyclic) bond motifs is 2. The first-order valence-electron chi connectivity index (χ1n) is 4.46. The molecule has 12 heavy (non-hydrogen) atoms. The molecule has 0 aliphatic heterocycles. The lowest BCUT2D eigenvalue weighted by Crippen LogP contribution is -2.34. The molecule has 2 saturated carbocycles. The molecule has 0 heterocycles. The van der Waals surface area contributed by atoms with Crippen LogP contribution in [0.1, 0.15) is 19.3 Å². The molecule has 0 aromatic heterocycles. The van der Waals surface area contributed by atoms with Crippen molar-refractivity contribution >= 4 is 11.7 Å². The van der Waals surface area contributed by atoms with Gasteiger partial charge in [-0.25, -0.2) is 0 Å². The molecule has 2 aliphatic carbocycles. The Morgan fingerprint density at radius 2 is 2.25 bits per heavy atom. The molecule has 0 radical (unpaired) electrons. The van der Waals surface area contributed by atoms with Crippen LogP contribution in [0.2, 0.25) is 0 Å². The molecule has 66 valence electrons. The van der Waals surface area contributed by atoms with E-state index >= 15 is 0 Å². The van der Waals surface area contributed by atoms with Gasteiger partial charge in [0.2, 0.25) is 5.91 Å². The summed E-state index contributed by atoms with van der Waals surface area (Å²) >= 11 is 0. The summed E-state index contributed by atoms with van der Waals surface area (Å²) in [5.74, 6) is 0.899. The van der Waals surface area contributed by atoms with Crippen LogP contribution in [-0.4, -0.2) is 18.7 Å². The fraction of sp³-hybridized carbons (Fsp3) is 0.778. The summed E-state index contributed by atoms with van der Waals surface area (Å²) in [5.41, 5.74) is 0. The van der Waals surface area contributed by atoms with Crippen molar-refractivity contribution in [3.63, 3.8) is 0 Å². The van der Waals surface area contributed by atoms with E-state index in [1.54, 1.807) is 7.05 Å². The van der Waals surface area contributed by atoms with E-state index in [9.17, 15) is 9.59 Å². The Balaban J connectivity index is 2.12. The van der Waals surface area contributed by atoms with E-state index in [0.717, 1.165) is 19.3 Å². The Bertz CT molecular complexity index is 237. The first-order valence-corrected chi connectivity index (χ1v) is 4.46. The number of nitrogens with one attached hydrogen (secondary N) is 1. The molecule has 3 unspecified atom stereocenters. The topological polar surface area (TPSA) is 46.2 Å². The molecule has 1 amide bonds. The molecule has 0 aromatic rings. The van der Waals surface area contributed by atoms with Crippen LogP contribution >= 0.6 is 0 Å². The van der Waals surface area contributed by atoms with Gasteiger partial charge >= 0.3 is 0 Å². The zero-order valence-electron chi connectivity index (χ0n) is 7.17. The van der Waals surface area contributed by atoms with E-state index < -0.39 is 0 Å². The molecule has 3 heteroatoms. The van der Waals surface area contributed by atoms with E-state index in [4.69, 9.17) is 0 Å². The van der Waals surface area contributed by atoms with Crippen LogP contribution in [0.5, 0.6) is 0 Å². The van der Waals surface area contributed by atoms with Crippen molar-refractivity contribution in [1.82, 2.24) is 5.32 Å². The quantitative estimate of drug-likeness (QED) is 0.612. The lowest BCUT2D eigenvalue weighted by molar-refractivity contribution is -0.132. The highest BCUT2D eigenvalue weighted by atomic mass is 16.2. The number of ketones is 1. The minimum absolute atomic E-state index is 0.0127. The molecular weight excluding hydrogens is 154 g/mol. The first kappa shape index (κ1) is 7.77. The molecule has 0 aromatic carbocycles. The van der Waals surface area contributed by atoms with E-state index in [0.29, 0.717) is 11.7 Å². The summed E-state index contributed by atoms with van der Waals surface area (Å²) in [7, 11) is 1.64. The molecule has 1 N–H and O–H groups in total. The summed E-state index contributed by atoms with van der Waals surface area (Å²) < 4.78 is 0. The zero-order chi connectivity index (χ0) is 8.72. The second-order valence-corrected chi connectivity index (χ2v) is 3.84. The van der Waals surface area contributed by atoms with E-state index in [1.807, 2.05) is 0 Å². The van der Waals surface area contributed by atoms with Crippen molar-refractivity contribution in [2.75, 3.05) is 7.05 Å². The SMILES string of the molecule is CNC(=O)C1CC2CC(=O)C1C2. The van der Waals surface area contributed by atoms with Crippen molar-refractivity contribution in [3.8, 4) is 0 Å². The Hall–Kier alpha value is -0.860. The predicted molar refractivity (Wildman–Crippen MR) is 43.4 cm³/mol. The van der Waals surface area contributed by atoms with Gasteiger partial charge in [-0.15, -0.1) is 0 Å². The highest BCUT2D eigenvalue weighted by molar-refractivity contribution is 5.91. The van der Waals surface area contributed by atoms with Gasteiger partial charge in [0.05, 0.1) is 0 Å². The van der Waals surface area contributed by atoms with E-state index in [1.165, 1.54) is 0 Å². The minimum atomic E-state index is -0.0127. The summed E-state index contributed by atoms with van der Waals surface area (Å²) in [6.07, 6.45) is 2.60. The second-order valence-electron chi connectivity index (χ2n) is 3.84. The summed E-state index contributed by atoms with van der Waals surface area (Å²) in [6, 6.07) is 0. The molecular formula is C9H13NO2. The number of carbonyl (C=O) groups is 2. The van der Waals surface area contributed by atoms with Crippen molar-refractivity contribution in [2.24, 2.45) is 17.8 Å². The molecule has 3 nitrogen and oxygen atoms in total. The van der Waals surface area contributed by atoms with Crippen molar-refractivity contribution in [2.45, 2.75) is 19.3 Å². The Morgan fingerprint density at radius 3 is 2.75 bits per heavy atom. The number of rotatable bonds is 1. The number of hydrogen-bond acceptors (Lipinski definition) is 2. The van der Waals surface area contributed by atoms with Crippen molar-refractivity contribution in [1.29, 1.82) is 0 Å². The minimum Gasteiger partial charge on any atom is -0.359 e. The molecule has 3 atom stereocenters. The number of carbonyl (C=O) groups excluding carboxylic acids is 2. The normalized spacial score (nSPS) is 38.8. The van der Waals surface area contributed by atoms with Gasteiger partial charge < -0.3 is 5.32 Å². The van der Waals surface area contributed by atoms with Gasteiger partial charge in [-0.3, -0.25) is 9.59 Å². The van der Waals surface area contributed by atoms with Crippen molar-refractivity contribution < 1.29 is 9.59 Å². The van der Waals surface area contributed by atoms with Gasteiger partial charge in [-0.05, 0) is 18.8 Å². The number of Topliss-reactive ketones (excluding diaryl/α,β-unsaturated/α-hetero) is 1. The predicted octanol–water partition coefficient (Wildman–Crippen LogP) is 0.348. The fourth-order valence-electron chi connectivity index (χ4n) is 2.58. The third-order valence-electron chi connectivity index (χ3n) is 3.15. The molecule has 2 bridgehead atoms. The van der Waals surface area contributed by atoms with Gasteiger partial charge in [0.15, 0.2) is 0 Å². The summed E-state index contributed by atoms with van der Waals surface area (Å²) in [4.78, 5) is 22.6. The van der Waals surface area contributed by atoms with Gasteiger partial charge in [0.1, 0.15) is 5.78 Å². The van der Waals surface area contributed by atoms with Crippen LogP contribution in [0, 0.1) is 17.8 Å². The maximum atomic E-state index is 11.3. The van der Waals surface area contributed by atoms with Gasteiger partial charge in [0, 0.05) is 25.3 Å².